The van der Waals surface area contributed by atoms with Gasteiger partial charge in [0.1, 0.15) is 0 Å². The zero-order valence-corrected chi connectivity index (χ0v) is 19.3. The average molecular weight is 483 g/mol. The third-order valence-electron chi connectivity index (χ3n) is 5.11. The molecule has 6 heteroatoms. The Morgan fingerprint density at radius 2 is 1.61 bits per heavy atom. The van der Waals surface area contributed by atoms with Crippen molar-refractivity contribution in [2.75, 3.05) is 14.2 Å². The number of hydrogen-bond acceptors (Lipinski definition) is 4. The van der Waals surface area contributed by atoms with E-state index in [1.807, 2.05) is 44.2 Å². The van der Waals surface area contributed by atoms with Crippen molar-refractivity contribution in [2.45, 2.75) is 13.8 Å². The molecule has 0 radical (unpaired) electrons. The molecule has 1 aromatic heterocycles. The van der Waals surface area contributed by atoms with Crippen molar-refractivity contribution in [1.29, 1.82) is 0 Å². The zero-order valence-electron chi connectivity index (χ0n) is 17.6. The van der Waals surface area contributed by atoms with E-state index in [0.717, 1.165) is 32.1 Å². The van der Waals surface area contributed by atoms with Gasteiger partial charge in [0.2, 0.25) is 0 Å². The predicted molar refractivity (Wildman–Crippen MR) is 122 cm³/mol. The summed E-state index contributed by atoms with van der Waals surface area (Å²) in [6, 6.07) is 16.1. The standard InChI is InChI=1S/C25H21FO4Se/c1-14-5-7-16(8-6-14)21-19-13-20(28-3)15(2)22(29-4)23(19)30-25(27)24(21)31-18-11-9-17(26)10-12-18/h5-13H,1-4H3. The van der Waals surface area contributed by atoms with Gasteiger partial charge in [-0.15, -0.1) is 0 Å². The van der Waals surface area contributed by atoms with Crippen LogP contribution in [0.3, 0.4) is 0 Å². The summed E-state index contributed by atoms with van der Waals surface area (Å²) >= 11 is -0.395. The number of halogens is 1. The van der Waals surface area contributed by atoms with Gasteiger partial charge in [0.25, 0.3) is 0 Å². The van der Waals surface area contributed by atoms with Crippen molar-refractivity contribution in [3.63, 3.8) is 0 Å². The van der Waals surface area contributed by atoms with Gasteiger partial charge in [-0.2, -0.15) is 0 Å². The van der Waals surface area contributed by atoms with Crippen LogP contribution in [0.25, 0.3) is 22.1 Å². The summed E-state index contributed by atoms with van der Waals surface area (Å²) in [5, 5.41) is 0.738. The van der Waals surface area contributed by atoms with Gasteiger partial charge < -0.3 is 0 Å². The van der Waals surface area contributed by atoms with Gasteiger partial charge in [-0.05, 0) is 0 Å². The molecular formula is C25H21FO4Se. The second-order valence-electron chi connectivity index (χ2n) is 7.13. The monoisotopic (exact) mass is 484 g/mol. The molecule has 158 valence electrons. The van der Waals surface area contributed by atoms with E-state index in [9.17, 15) is 9.18 Å². The number of aryl methyl sites for hydroxylation is 1. The molecular weight excluding hydrogens is 462 g/mol. The minimum atomic E-state index is -0.421. The van der Waals surface area contributed by atoms with E-state index in [1.54, 1.807) is 26.4 Å². The Hall–Kier alpha value is -3.08. The summed E-state index contributed by atoms with van der Waals surface area (Å²) in [5.74, 6) is 0.807. The van der Waals surface area contributed by atoms with Gasteiger partial charge in [0.05, 0.1) is 0 Å². The summed E-state index contributed by atoms with van der Waals surface area (Å²) in [6.07, 6.45) is 0. The van der Waals surface area contributed by atoms with Crippen LogP contribution in [-0.4, -0.2) is 29.2 Å². The Morgan fingerprint density at radius 3 is 2.23 bits per heavy atom. The van der Waals surface area contributed by atoms with Crippen molar-refractivity contribution < 1.29 is 18.3 Å². The molecule has 4 aromatic rings. The molecule has 0 amide bonds. The molecule has 0 spiro atoms. The predicted octanol–water partition coefficient (Wildman–Crippen LogP) is 3.89. The molecule has 4 nitrogen and oxygen atoms in total. The van der Waals surface area contributed by atoms with E-state index >= 15 is 0 Å². The van der Waals surface area contributed by atoms with Gasteiger partial charge in [-0.1, -0.05) is 0 Å². The Kier molecular flexibility index (Phi) is 5.86. The first-order valence-corrected chi connectivity index (χ1v) is 11.4. The van der Waals surface area contributed by atoms with Gasteiger partial charge in [-0.25, -0.2) is 0 Å². The minimum absolute atomic E-state index is 0.311. The topological polar surface area (TPSA) is 48.7 Å². The van der Waals surface area contributed by atoms with E-state index in [0.29, 0.717) is 21.5 Å². The van der Waals surface area contributed by atoms with Crippen molar-refractivity contribution in [3.05, 3.63) is 82.0 Å². The van der Waals surface area contributed by atoms with Crippen LogP contribution in [0.4, 0.5) is 4.39 Å². The molecule has 0 unspecified atom stereocenters. The molecule has 0 bridgehead atoms. The second-order valence-corrected chi connectivity index (χ2v) is 9.40. The van der Waals surface area contributed by atoms with E-state index in [1.165, 1.54) is 12.1 Å². The van der Waals surface area contributed by atoms with Crippen LogP contribution in [0, 0.1) is 19.7 Å². The molecule has 0 atom stereocenters. The molecule has 0 aliphatic carbocycles. The third kappa shape index (κ3) is 3.97. The Morgan fingerprint density at radius 1 is 0.935 bits per heavy atom. The molecule has 4 rings (SSSR count). The summed E-state index contributed by atoms with van der Waals surface area (Å²) in [5.41, 5.74) is 3.53. The SMILES string of the molecule is COc1cc2c(-c3ccc(C)cc3)c([Se]c3ccc(F)cc3)c(=O)oc2c(OC)c1C. The van der Waals surface area contributed by atoms with Crippen LogP contribution in [0.15, 0.2) is 63.8 Å². The van der Waals surface area contributed by atoms with Gasteiger partial charge in [0, 0.05) is 0 Å². The van der Waals surface area contributed by atoms with Crippen LogP contribution in [0.5, 0.6) is 11.5 Å². The van der Waals surface area contributed by atoms with E-state index in [2.05, 4.69) is 0 Å². The molecule has 0 saturated carbocycles. The third-order valence-corrected chi connectivity index (χ3v) is 7.38. The quantitative estimate of drug-likeness (QED) is 0.319. The van der Waals surface area contributed by atoms with Gasteiger partial charge in [-0.3, -0.25) is 0 Å². The molecule has 0 aliphatic rings. The molecule has 3 aromatic carbocycles. The van der Waals surface area contributed by atoms with E-state index in [4.69, 9.17) is 13.9 Å². The van der Waals surface area contributed by atoms with Gasteiger partial charge in [0.15, 0.2) is 0 Å². The Balaban J connectivity index is 2.08. The fourth-order valence-corrected chi connectivity index (χ4v) is 5.56. The van der Waals surface area contributed by atoms with E-state index < -0.39 is 20.6 Å². The summed E-state index contributed by atoms with van der Waals surface area (Å²) < 4.78 is 31.8. The average Bonchev–Trinajstić information content (AvgIpc) is 2.76. The molecule has 0 N–H and O–H groups in total. The normalized spacial score (nSPS) is 11.0. The molecule has 0 aliphatic heterocycles. The fraction of sp³-hybridized carbons (Fsp3) is 0.160. The molecule has 0 saturated heterocycles. The first-order chi connectivity index (χ1) is 14.9. The number of hydrogen-bond donors (Lipinski definition) is 0. The van der Waals surface area contributed by atoms with Crippen molar-refractivity contribution >= 4 is 34.8 Å². The molecule has 0 fully saturated rings. The summed E-state index contributed by atoms with van der Waals surface area (Å²) in [7, 11) is 3.14. The molecule has 31 heavy (non-hydrogen) atoms. The Labute approximate surface area is 185 Å². The fourth-order valence-electron chi connectivity index (χ4n) is 3.54. The summed E-state index contributed by atoms with van der Waals surface area (Å²) in [4.78, 5) is 13.2. The Bertz CT molecular complexity index is 1310. The van der Waals surface area contributed by atoms with Crippen LogP contribution < -0.4 is 24.0 Å². The van der Waals surface area contributed by atoms with Crippen LogP contribution in [-0.2, 0) is 0 Å². The van der Waals surface area contributed by atoms with Crippen LogP contribution in [0.2, 0.25) is 0 Å². The number of fused-ring (bicyclic) bond motifs is 1. The number of rotatable bonds is 5. The number of ether oxygens (including phenoxy) is 2. The second kappa shape index (κ2) is 8.58. The van der Waals surface area contributed by atoms with Crippen LogP contribution in [0.1, 0.15) is 11.1 Å². The first-order valence-electron chi connectivity index (χ1n) is 9.65. The van der Waals surface area contributed by atoms with Crippen molar-refractivity contribution in [2.24, 2.45) is 0 Å². The van der Waals surface area contributed by atoms with Crippen LogP contribution >= 0.6 is 0 Å². The first kappa shape index (κ1) is 21.2. The number of methoxy groups -OCH3 is 2. The van der Waals surface area contributed by atoms with Crippen molar-refractivity contribution in [1.82, 2.24) is 0 Å². The van der Waals surface area contributed by atoms with Crippen molar-refractivity contribution in [3.8, 4) is 22.6 Å². The summed E-state index contributed by atoms with van der Waals surface area (Å²) in [6.45, 7) is 3.87. The number of benzene rings is 3. The maximum absolute atomic E-state index is 13.4. The van der Waals surface area contributed by atoms with E-state index in [-0.39, 0.29) is 5.82 Å². The van der Waals surface area contributed by atoms with Gasteiger partial charge >= 0.3 is 186 Å². The maximum atomic E-state index is 13.4. The zero-order chi connectivity index (χ0) is 22.1. The molecule has 1 heterocycles.